The molecule has 9 heteroatoms. The standard InChI is InChI=1S/C31H42ClN7O/c1-3-26-22-38(31-29(32)20-25(21-35-31)30-33-10-11-34-30)14-15-39(26)28-8-12-36(13-9-28)23(2)24-4-6-27(7-5-24)37-16-18-40-19-17-37/h4-7,10-11,20-21,23,26,28H,3,8-9,12-19,22H2,1-2H3,(H,33,34)/t23?,26-/m0/s1. The number of ether oxygens (including phenoxy) is 1. The summed E-state index contributed by atoms with van der Waals surface area (Å²) in [6, 6.07) is 12.8. The molecule has 5 heterocycles. The number of H-pyrrole nitrogens is 1. The highest BCUT2D eigenvalue weighted by atomic mass is 35.5. The van der Waals surface area contributed by atoms with E-state index in [1.807, 2.05) is 18.5 Å². The van der Waals surface area contributed by atoms with Crippen LogP contribution in [0.3, 0.4) is 0 Å². The Kier molecular flexibility index (Phi) is 8.58. The number of morpholine rings is 1. The molecule has 3 aliphatic heterocycles. The summed E-state index contributed by atoms with van der Waals surface area (Å²) < 4.78 is 5.51. The normalized spacial score (nSPS) is 22.5. The molecule has 0 saturated carbocycles. The highest BCUT2D eigenvalue weighted by Crippen LogP contribution is 2.33. The zero-order chi connectivity index (χ0) is 27.5. The SMILES string of the molecule is CC[C@H]1CN(c2ncc(-c3ncc[nH]3)cc2Cl)CCN1C1CCN(C(C)c2ccc(N3CCOCC3)cc2)CC1. The first-order valence-corrected chi connectivity index (χ1v) is 15.3. The number of rotatable bonds is 7. The fraction of sp³-hybridized carbons (Fsp3) is 0.548. The molecular weight excluding hydrogens is 522 g/mol. The number of likely N-dealkylation sites (tertiary alicyclic amines) is 1. The van der Waals surface area contributed by atoms with Crippen LogP contribution in [0, 0.1) is 0 Å². The summed E-state index contributed by atoms with van der Waals surface area (Å²) in [7, 11) is 0. The average molecular weight is 564 g/mol. The maximum absolute atomic E-state index is 6.73. The van der Waals surface area contributed by atoms with Gasteiger partial charge in [0.05, 0.1) is 18.2 Å². The number of hydrogen-bond donors (Lipinski definition) is 1. The number of anilines is 2. The minimum Gasteiger partial charge on any atom is -0.378 e. The van der Waals surface area contributed by atoms with Gasteiger partial charge in [0.15, 0.2) is 0 Å². The van der Waals surface area contributed by atoms with Gasteiger partial charge in [-0.1, -0.05) is 30.7 Å². The van der Waals surface area contributed by atoms with Gasteiger partial charge in [-0.3, -0.25) is 9.80 Å². The van der Waals surface area contributed by atoms with Gasteiger partial charge in [0, 0.05) is 93.8 Å². The number of benzene rings is 1. The lowest BCUT2D eigenvalue weighted by Gasteiger charge is -2.48. The summed E-state index contributed by atoms with van der Waals surface area (Å²) in [5.74, 6) is 1.68. The highest BCUT2D eigenvalue weighted by molar-refractivity contribution is 6.33. The lowest BCUT2D eigenvalue weighted by atomic mass is 9.96. The zero-order valence-electron chi connectivity index (χ0n) is 23.8. The molecule has 2 atom stereocenters. The van der Waals surface area contributed by atoms with Crippen LogP contribution < -0.4 is 9.80 Å². The second-order valence-electron chi connectivity index (χ2n) is 11.3. The van der Waals surface area contributed by atoms with Gasteiger partial charge in [0.1, 0.15) is 11.6 Å². The smallest absolute Gasteiger partial charge is 0.147 e. The number of nitrogens with zero attached hydrogens (tertiary/aromatic N) is 6. The summed E-state index contributed by atoms with van der Waals surface area (Å²) in [6.45, 7) is 13.6. The van der Waals surface area contributed by atoms with E-state index in [0.29, 0.717) is 23.1 Å². The van der Waals surface area contributed by atoms with E-state index in [9.17, 15) is 0 Å². The maximum atomic E-state index is 6.73. The third-order valence-electron chi connectivity index (χ3n) is 9.16. The molecule has 1 aromatic carbocycles. The van der Waals surface area contributed by atoms with Crippen molar-refractivity contribution in [1.29, 1.82) is 0 Å². The third-order valence-corrected chi connectivity index (χ3v) is 9.44. The van der Waals surface area contributed by atoms with Crippen LogP contribution in [0.1, 0.15) is 44.7 Å². The summed E-state index contributed by atoms with van der Waals surface area (Å²) in [5.41, 5.74) is 3.64. The predicted molar refractivity (Wildman–Crippen MR) is 162 cm³/mol. The molecule has 0 bridgehead atoms. The minimum absolute atomic E-state index is 0.441. The summed E-state index contributed by atoms with van der Waals surface area (Å²) in [5, 5.41) is 0.692. The number of imidazole rings is 1. The molecule has 3 saturated heterocycles. The van der Waals surface area contributed by atoms with Crippen LogP contribution in [-0.2, 0) is 4.74 Å². The van der Waals surface area contributed by atoms with E-state index in [1.54, 1.807) is 6.20 Å². The Morgan fingerprint density at radius 1 is 1.00 bits per heavy atom. The van der Waals surface area contributed by atoms with Crippen LogP contribution >= 0.6 is 11.6 Å². The molecule has 1 unspecified atom stereocenters. The van der Waals surface area contributed by atoms with Gasteiger partial charge < -0.3 is 19.5 Å². The van der Waals surface area contributed by atoms with E-state index in [-0.39, 0.29) is 0 Å². The molecule has 0 radical (unpaired) electrons. The first kappa shape index (κ1) is 27.5. The molecule has 8 nitrogen and oxygen atoms in total. The molecule has 3 aromatic rings. The van der Waals surface area contributed by atoms with Crippen LogP contribution in [0.4, 0.5) is 11.5 Å². The molecule has 2 aromatic heterocycles. The minimum atomic E-state index is 0.441. The number of halogens is 1. The van der Waals surface area contributed by atoms with Crippen LogP contribution in [0.2, 0.25) is 5.02 Å². The van der Waals surface area contributed by atoms with Crippen LogP contribution in [0.25, 0.3) is 11.4 Å². The maximum Gasteiger partial charge on any atom is 0.147 e. The van der Waals surface area contributed by atoms with Crippen molar-refractivity contribution in [1.82, 2.24) is 24.8 Å². The number of pyridine rings is 1. The Bertz CT molecular complexity index is 1220. The quantitative estimate of drug-likeness (QED) is 0.430. The van der Waals surface area contributed by atoms with E-state index >= 15 is 0 Å². The molecule has 0 amide bonds. The number of aromatic nitrogens is 3. The number of piperazine rings is 1. The fourth-order valence-electron chi connectivity index (χ4n) is 6.72. The van der Waals surface area contributed by atoms with Crippen molar-refractivity contribution in [2.45, 2.75) is 51.2 Å². The van der Waals surface area contributed by atoms with Crippen molar-refractivity contribution in [2.24, 2.45) is 0 Å². The Hall–Kier alpha value is -2.65. The van der Waals surface area contributed by atoms with Crippen LogP contribution in [0.15, 0.2) is 48.9 Å². The Labute approximate surface area is 243 Å². The van der Waals surface area contributed by atoms with E-state index < -0.39 is 0 Å². The fourth-order valence-corrected chi connectivity index (χ4v) is 7.01. The average Bonchev–Trinajstić information content (AvgIpc) is 3.56. The Morgan fingerprint density at radius 2 is 1.77 bits per heavy atom. The first-order valence-electron chi connectivity index (χ1n) is 14.9. The summed E-state index contributed by atoms with van der Waals surface area (Å²) in [6.07, 6.45) is 9.02. The lowest BCUT2D eigenvalue weighted by molar-refractivity contribution is 0.0515. The molecule has 3 fully saturated rings. The second-order valence-corrected chi connectivity index (χ2v) is 11.8. The second kappa shape index (κ2) is 12.5. The van der Waals surface area contributed by atoms with Gasteiger partial charge in [-0.15, -0.1) is 0 Å². The highest BCUT2D eigenvalue weighted by Gasteiger charge is 2.34. The molecule has 6 rings (SSSR count). The van der Waals surface area contributed by atoms with E-state index in [0.717, 1.165) is 82.7 Å². The Balaban J connectivity index is 1.03. The molecule has 3 aliphatic rings. The zero-order valence-corrected chi connectivity index (χ0v) is 24.6. The van der Waals surface area contributed by atoms with Crippen molar-refractivity contribution < 1.29 is 4.74 Å². The number of piperidine rings is 1. The molecular formula is C31H42ClN7O. The van der Waals surface area contributed by atoms with Crippen molar-refractivity contribution in [3.05, 3.63) is 59.5 Å². The predicted octanol–water partition coefficient (Wildman–Crippen LogP) is 5.09. The van der Waals surface area contributed by atoms with Crippen LogP contribution in [-0.4, -0.2) is 95.9 Å². The van der Waals surface area contributed by atoms with Crippen molar-refractivity contribution in [3.63, 3.8) is 0 Å². The molecule has 1 N–H and O–H groups in total. The largest absolute Gasteiger partial charge is 0.378 e. The van der Waals surface area contributed by atoms with Gasteiger partial charge in [-0.05, 0) is 49.9 Å². The molecule has 0 spiro atoms. The molecule has 214 valence electrons. The van der Waals surface area contributed by atoms with Crippen LogP contribution in [0.5, 0.6) is 0 Å². The van der Waals surface area contributed by atoms with Crippen molar-refractivity contribution >= 4 is 23.1 Å². The van der Waals surface area contributed by atoms with Gasteiger partial charge in [-0.2, -0.15) is 0 Å². The summed E-state index contributed by atoms with van der Waals surface area (Å²) >= 11 is 6.73. The summed E-state index contributed by atoms with van der Waals surface area (Å²) in [4.78, 5) is 22.5. The number of nitrogens with one attached hydrogen (secondary N) is 1. The van der Waals surface area contributed by atoms with Gasteiger partial charge >= 0.3 is 0 Å². The van der Waals surface area contributed by atoms with E-state index in [2.05, 4.69) is 67.7 Å². The lowest BCUT2D eigenvalue weighted by Crippen LogP contribution is -2.58. The van der Waals surface area contributed by atoms with E-state index in [1.165, 1.54) is 24.1 Å². The van der Waals surface area contributed by atoms with Gasteiger partial charge in [0.25, 0.3) is 0 Å². The molecule has 40 heavy (non-hydrogen) atoms. The third kappa shape index (κ3) is 5.86. The number of aromatic amines is 1. The van der Waals surface area contributed by atoms with Gasteiger partial charge in [-0.25, -0.2) is 9.97 Å². The van der Waals surface area contributed by atoms with Gasteiger partial charge in [0.2, 0.25) is 0 Å². The monoisotopic (exact) mass is 563 g/mol. The number of hydrogen-bond acceptors (Lipinski definition) is 7. The molecule has 0 aliphatic carbocycles. The van der Waals surface area contributed by atoms with E-state index in [4.69, 9.17) is 21.3 Å². The van der Waals surface area contributed by atoms with Crippen molar-refractivity contribution in [3.8, 4) is 11.4 Å². The Morgan fingerprint density at radius 3 is 2.45 bits per heavy atom. The van der Waals surface area contributed by atoms with Crippen molar-refractivity contribution in [2.75, 3.05) is 68.8 Å². The topological polar surface area (TPSA) is 63.8 Å². The first-order chi connectivity index (χ1) is 19.6.